The van der Waals surface area contributed by atoms with Crippen molar-refractivity contribution in [2.45, 2.75) is 6.92 Å². The zero-order valence-corrected chi connectivity index (χ0v) is 15.4. The van der Waals surface area contributed by atoms with Crippen LogP contribution in [0.15, 0.2) is 42.5 Å². The number of rotatable bonds is 5. The van der Waals surface area contributed by atoms with E-state index in [1.54, 1.807) is 6.07 Å². The highest BCUT2D eigenvalue weighted by molar-refractivity contribution is 5.96. The molecule has 0 bridgehead atoms. The summed E-state index contributed by atoms with van der Waals surface area (Å²) in [6, 6.07) is 13.3. The van der Waals surface area contributed by atoms with Crippen LogP contribution in [0.3, 0.4) is 0 Å². The number of nitrogen functional groups attached to an aromatic ring is 1. The molecule has 1 heterocycles. The molecule has 6 nitrogen and oxygen atoms in total. The van der Waals surface area contributed by atoms with Gasteiger partial charge in [0.1, 0.15) is 5.75 Å². The molecule has 1 amide bonds. The summed E-state index contributed by atoms with van der Waals surface area (Å²) in [5, 5.41) is 2.94. The molecule has 2 aromatic carbocycles. The average Bonchev–Trinajstić information content (AvgIpc) is 2.62. The lowest BCUT2D eigenvalue weighted by atomic mass is 10.2. The van der Waals surface area contributed by atoms with Gasteiger partial charge in [0.25, 0.3) is 5.91 Å². The third-order valence-corrected chi connectivity index (χ3v) is 4.53. The summed E-state index contributed by atoms with van der Waals surface area (Å²) in [5.74, 6) is 0.476. The molecule has 1 saturated heterocycles. The number of anilines is 3. The highest BCUT2D eigenvalue weighted by Crippen LogP contribution is 2.29. The molecule has 1 aliphatic rings. The van der Waals surface area contributed by atoms with E-state index in [9.17, 15) is 4.79 Å². The van der Waals surface area contributed by atoms with Gasteiger partial charge in [-0.1, -0.05) is 17.7 Å². The van der Waals surface area contributed by atoms with E-state index in [0.29, 0.717) is 11.4 Å². The molecule has 2 aromatic rings. The summed E-state index contributed by atoms with van der Waals surface area (Å²) in [6.45, 7) is 5.80. The predicted molar refractivity (Wildman–Crippen MR) is 106 cm³/mol. The van der Waals surface area contributed by atoms with Crippen molar-refractivity contribution in [3.8, 4) is 5.75 Å². The Kier molecular flexibility index (Phi) is 5.63. The molecule has 0 atom stereocenters. The summed E-state index contributed by atoms with van der Waals surface area (Å²) < 4.78 is 5.56. The predicted octanol–water partition coefficient (Wildman–Crippen LogP) is 2.35. The van der Waals surface area contributed by atoms with Gasteiger partial charge in [0, 0.05) is 31.9 Å². The maximum Gasteiger partial charge on any atom is 0.262 e. The number of nitrogens with two attached hydrogens (primary N) is 1. The van der Waals surface area contributed by atoms with Gasteiger partial charge in [-0.25, -0.2) is 0 Å². The average molecular weight is 354 g/mol. The van der Waals surface area contributed by atoms with Crippen LogP contribution in [0.5, 0.6) is 5.75 Å². The summed E-state index contributed by atoms with van der Waals surface area (Å²) in [5.41, 5.74) is 9.42. The molecule has 0 saturated carbocycles. The van der Waals surface area contributed by atoms with E-state index in [2.05, 4.69) is 22.2 Å². The number of amides is 1. The first-order chi connectivity index (χ1) is 12.5. The van der Waals surface area contributed by atoms with E-state index in [4.69, 9.17) is 10.5 Å². The fourth-order valence-corrected chi connectivity index (χ4v) is 2.95. The number of nitrogens with zero attached hydrogens (tertiary/aromatic N) is 2. The summed E-state index contributed by atoms with van der Waals surface area (Å²) in [7, 11) is 2.12. The largest absolute Gasteiger partial charge is 0.484 e. The first-order valence-corrected chi connectivity index (χ1v) is 8.83. The molecular formula is C20H26N4O2. The van der Waals surface area contributed by atoms with Crippen molar-refractivity contribution in [2.75, 3.05) is 55.8 Å². The van der Waals surface area contributed by atoms with Gasteiger partial charge in [0.15, 0.2) is 6.61 Å². The van der Waals surface area contributed by atoms with Crippen LogP contribution in [0.25, 0.3) is 0 Å². The van der Waals surface area contributed by atoms with Crippen molar-refractivity contribution < 1.29 is 9.53 Å². The molecule has 3 rings (SSSR count). The number of likely N-dealkylation sites (N-methyl/N-ethyl adjacent to an activating group) is 1. The van der Waals surface area contributed by atoms with Gasteiger partial charge in [-0.2, -0.15) is 0 Å². The van der Waals surface area contributed by atoms with Crippen molar-refractivity contribution >= 4 is 23.0 Å². The number of nitrogens with one attached hydrogen (secondary N) is 1. The summed E-state index contributed by atoms with van der Waals surface area (Å²) in [4.78, 5) is 16.9. The first kappa shape index (κ1) is 18.1. The Morgan fingerprint density at radius 1 is 1.12 bits per heavy atom. The molecule has 26 heavy (non-hydrogen) atoms. The number of hydrogen-bond acceptors (Lipinski definition) is 5. The van der Waals surface area contributed by atoms with Gasteiger partial charge in [-0.3, -0.25) is 4.79 Å². The molecule has 1 aliphatic heterocycles. The molecule has 1 fully saturated rings. The molecule has 0 radical (unpaired) electrons. The number of benzene rings is 2. The Bertz CT molecular complexity index is 753. The lowest BCUT2D eigenvalue weighted by Gasteiger charge is -2.35. The summed E-state index contributed by atoms with van der Waals surface area (Å²) >= 11 is 0. The fraction of sp³-hybridized carbons (Fsp3) is 0.350. The molecule has 138 valence electrons. The molecule has 6 heteroatoms. The van der Waals surface area contributed by atoms with Gasteiger partial charge in [0.05, 0.1) is 11.4 Å². The molecular weight excluding hydrogens is 328 g/mol. The van der Waals surface area contributed by atoms with Crippen LogP contribution in [0.4, 0.5) is 17.1 Å². The van der Waals surface area contributed by atoms with Crippen LogP contribution in [0.1, 0.15) is 5.56 Å². The van der Waals surface area contributed by atoms with Crippen LogP contribution in [0, 0.1) is 6.92 Å². The number of carbonyl (C=O) groups is 1. The Morgan fingerprint density at radius 2 is 1.81 bits per heavy atom. The van der Waals surface area contributed by atoms with Gasteiger partial charge in [0.2, 0.25) is 0 Å². The van der Waals surface area contributed by atoms with E-state index in [1.807, 2.05) is 43.3 Å². The SMILES string of the molecule is Cc1ccc(OCC(=O)Nc2cc(N)ccc2N2CCN(C)CC2)cc1. The Labute approximate surface area is 154 Å². The Hall–Kier alpha value is -2.73. The molecule has 3 N–H and O–H groups in total. The summed E-state index contributed by atoms with van der Waals surface area (Å²) in [6.07, 6.45) is 0. The quantitative estimate of drug-likeness (QED) is 0.807. The number of carbonyl (C=O) groups excluding carboxylic acids is 1. The first-order valence-electron chi connectivity index (χ1n) is 8.83. The van der Waals surface area contributed by atoms with Crippen LogP contribution in [0.2, 0.25) is 0 Å². The van der Waals surface area contributed by atoms with Gasteiger partial charge in [-0.15, -0.1) is 0 Å². The second-order valence-corrected chi connectivity index (χ2v) is 6.72. The molecule has 0 spiro atoms. The van der Waals surface area contributed by atoms with Gasteiger partial charge in [-0.05, 0) is 44.3 Å². The molecule has 0 aromatic heterocycles. The second-order valence-electron chi connectivity index (χ2n) is 6.72. The van der Waals surface area contributed by atoms with E-state index >= 15 is 0 Å². The minimum absolute atomic E-state index is 0.0416. The van der Waals surface area contributed by atoms with Gasteiger partial charge >= 0.3 is 0 Å². The van der Waals surface area contributed by atoms with E-state index in [0.717, 1.165) is 43.1 Å². The van der Waals surface area contributed by atoms with Crippen molar-refractivity contribution in [1.82, 2.24) is 4.90 Å². The highest BCUT2D eigenvalue weighted by atomic mass is 16.5. The van der Waals surface area contributed by atoms with E-state index < -0.39 is 0 Å². The van der Waals surface area contributed by atoms with Crippen LogP contribution in [-0.2, 0) is 4.79 Å². The van der Waals surface area contributed by atoms with Crippen LogP contribution in [-0.4, -0.2) is 50.6 Å². The van der Waals surface area contributed by atoms with Gasteiger partial charge < -0.3 is 25.6 Å². The minimum atomic E-state index is -0.202. The van der Waals surface area contributed by atoms with E-state index in [-0.39, 0.29) is 12.5 Å². The number of hydrogen-bond donors (Lipinski definition) is 2. The Morgan fingerprint density at radius 3 is 2.50 bits per heavy atom. The highest BCUT2D eigenvalue weighted by Gasteiger charge is 2.18. The van der Waals surface area contributed by atoms with E-state index in [1.165, 1.54) is 0 Å². The maximum atomic E-state index is 12.3. The smallest absolute Gasteiger partial charge is 0.262 e. The lowest BCUT2D eigenvalue weighted by Crippen LogP contribution is -2.44. The second kappa shape index (κ2) is 8.10. The number of piperazine rings is 1. The third-order valence-electron chi connectivity index (χ3n) is 4.53. The third kappa shape index (κ3) is 4.67. The number of ether oxygens (including phenoxy) is 1. The normalized spacial score (nSPS) is 14.9. The van der Waals surface area contributed by atoms with Crippen LogP contribution >= 0.6 is 0 Å². The lowest BCUT2D eigenvalue weighted by molar-refractivity contribution is -0.118. The monoisotopic (exact) mass is 354 g/mol. The van der Waals surface area contributed by atoms with Crippen molar-refractivity contribution in [2.24, 2.45) is 0 Å². The minimum Gasteiger partial charge on any atom is -0.484 e. The zero-order valence-electron chi connectivity index (χ0n) is 15.4. The maximum absolute atomic E-state index is 12.3. The van der Waals surface area contributed by atoms with Crippen molar-refractivity contribution in [1.29, 1.82) is 0 Å². The molecule has 0 aliphatic carbocycles. The fourth-order valence-electron chi connectivity index (χ4n) is 2.95. The van der Waals surface area contributed by atoms with Crippen molar-refractivity contribution in [3.63, 3.8) is 0 Å². The number of aryl methyl sites for hydroxylation is 1. The van der Waals surface area contributed by atoms with Crippen molar-refractivity contribution in [3.05, 3.63) is 48.0 Å². The Balaban J connectivity index is 1.65. The molecule has 0 unspecified atom stereocenters. The zero-order chi connectivity index (χ0) is 18.5. The van der Waals surface area contributed by atoms with Crippen LogP contribution < -0.4 is 20.7 Å². The standard InChI is InChI=1S/C20H26N4O2/c1-15-3-6-17(7-4-15)26-14-20(25)22-18-13-16(21)5-8-19(18)24-11-9-23(2)10-12-24/h3-8,13H,9-12,14,21H2,1-2H3,(H,22,25). The topological polar surface area (TPSA) is 70.8 Å².